The lowest BCUT2D eigenvalue weighted by Crippen LogP contribution is -2.06. The number of ether oxygens (including phenoxy) is 1. The van der Waals surface area contributed by atoms with Gasteiger partial charge in [0, 0.05) is 24.7 Å². The number of nitrogens with zero attached hydrogens (tertiary/aromatic N) is 4. The van der Waals surface area contributed by atoms with E-state index >= 15 is 0 Å². The second-order valence-corrected chi connectivity index (χ2v) is 4.17. The highest BCUT2D eigenvalue weighted by Gasteiger charge is 2.12. The first-order valence-electron chi connectivity index (χ1n) is 6.45. The summed E-state index contributed by atoms with van der Waals surface area (Å²) in [6, 6.07) is 6.31. The van der Waals surface area contributed by atoms with Gasteiger partial charge in [0.05, 0.1) is 11.5 Å². The van der Waals surface area contributed by atoms with Crippen LogP contribution in [0.15, 0.2) is 24.3 Å². The molecule has 21 heavy (non-hydrogen) atoms. The zero-order valence-electron chi connectivity index (χ0n) is 11.7. The molecule has 0 fully saturated rings. The Morgan fingerprint density at radius 1 is 1.33 bits per heavy atom. The summed E-state index contributed by atoms with van der Waals surface area (Å²) in [4.78, 5) is 22.8. The molecular formula is C13H15N5O3. The number of nitro benzene ring substituents is 1. The van der Waals surface area contributed by atoms with Crippen molar-refractivity contribution in [2.24, 2.45) is 0 Å². The Bertz CT molecular complexity index is 647. The quantitative estimate of drug-likeness (QED) is 0.642. The van der Waals surface area contributed by atoms with E-state index in [0.717, 1.165) is 6.42 Å². The standard InChI is InChI=1S/C13H15N5O3/c1-3-7-21-13-16-11(15-12(14-2)17-13)9-5-4-6-10(8-9)18(19)20/h4-6,8H,3,7H2,1-2H3,(H,14,15,16,17). The lowest BCUT2D eigenvalue weighted by atomic mass is 10.2. The van der Waals surface area contributed by atoms with Gasteiger partial charge in [0.1, 0.15) is 0 Å². The van der Waals surface area contributed by atoms with Crippen LogP contribution >= 0.6 is 0 Å². The first-order valence-corrected chi connectivity index (χ1v) is 6.45. The van der Waals surface area contributed by atoms with Gasteiger partial charge < -0.3 is 10.1 Å². The number of benzene rings is 1. The number of aromatic nitrogens is 3. The van der Waals surface area contributed by atoms with Crippen molar-refractivity contribution < 1.29 is 9.66 Å². The lowest BCUT2D eigenvalue weighted by Gasteiger charge is -2.07. The Balaban J connectivity index is 2.42. The number of rotatable bonds is 6. The molecule has 8 nitrogen and oxygen atoms in total. The summed E-state index contributed by atoms with van der Waals surface area (Å²) in [5.74, 6) is 0.668. The van der Waals surface area contributed by atoms with Gasteiger partial charge in [-0.1, -0.05) is 19.1 Å². The first kappa shape index (κ1) is 14.6. The summed E-state index contributed by atoms with van der Waals surface area (Å²) < 4.78 is 5.40. The van der Waals surface area contributed by atoms with Crippen molar-refractivity contribution >= 4 is 11.6 Å². The molecule has 0 spiro atoms. The normalized spacial score (nSPS) is 10.2. The Labute approximate surface area is 121 Å². The average molecular weight is 289 g/mol. The molecule has 0 unspecified atom stereocenters. The minimum absolute atomic E-state index is 0.0186. The molecule has 1 aromatic heterocycles. The number of nitrogens with one attached hydrogen (secondary N) is 1. The monoisotopic (exact) mass is 289 g/mol. The zero-order valence-corrected chi connectivity index (χ0v) is 11.7. The fourth-order valence-corrected chi connectivity index (χ4v) is 1.61. The SMILES string of the molecule is CCCOc1nc(NC)nc(-c2cccc([N+](=O)[O-])c2)n1. The van der Waals surface area contributed by atoms with Gasteiger partial charge >= 0.3 is 6.01 Å². The van der Waals surface area contributed by atoms with Gasteiger partial charge in [-0.3, -0.25) is 10.1 Å². The van der Waals surface area contributed by atoms with Crippen LogP contribution in [-0.4, -0.2) is 33.5 Å². The minimum atomic E-state index is -0.460. The van der Waals surface area contributed by atoms with E-state index in [9.17, 15) is 10.1 Å². The predicted molar refractivity (Wildman–Crippen MR) is 77.3 cm³/mol. The maximum Gasteiger partial charge on any atom is 0.321 e. The number of nitro groups is 1. The highest BCUT2D eigenvalue weighted by molar-refractivity contribution is 5.60. The van der Waals surface area contributed by atoms with Crippen LogP contribution < -0.4 is 10.1 Å². The molecule has 1 aromatic carbocycles. The number of non-ortho nitro benzene ring substituents is 1. The average Bonchev–Trinajstić information content (AvgIpc) is 2.52. The topological polar surface area (TPSA) is 103 Å². The molecule has 1 heterocycles. The fraction of sp³-hybridized carbons (Fsp3) is 0.308. The predicted octanol–water partition coefficient (Wildman–Crippen LogP) is 2.28. The molecule has 0 aliphatic heterocycles. The van der Waals surface area contributed by atoms with E-state index in [2.05, 4.69) is 20.3 Å². The van der Waals surface area contributed by atoms with Crippen molar-refractivity contribution in [1.29, 1.82) is 0 Å². The molecule has 0 aliphatic carbocycles. The van der Waals surface area contributed by atoms with E-state index in [4.69, 9.17) is 4.74 Å². The highest BCUT2D eigenvalue weighted by atomic mass is 16.6. The lowest BCUT2D eigenvalue weighted by molar-refractivity contribution is -0.384. The third kappa shape index (κ3) is 3.62. The molecule has 8 heteroatoms. The number of anilines is 1. The van der Waals surface area contributed by atoms with E-state index in [0.29, 0.717) is 23.9 Å². The molecular weight excluding hydrogens is 274 g/mol. The first-order chi connectivity index (χ1) is 10.1. The van der Waals surface area contributed by atoms with E-state index in [1.807, 2.05) is 6.92 Å². The van der Waals surface area contributed by atoms with Crippen LogP contribution in [0, 0.1) is 10.1 Å². The van der Waals surface area contributed by atoms with E-state index in [-0.39, 0.29) is 11.7 Å². The Morgan fingerprint density at radius 2 is 2.14 bits per heavy atom. The van der Waals surface area contributed by atoms with Gasteiger partial charge in [-0.15, -0.1) is 0 Å². The summed E-state index contributed by atoms with van der Waals surface area (Å²) >= 11 is 0. The minimum Gasteiger partial charge on any atom is -0.463 e. The fourth-order valence-electron chi connectivity index (χ4n) is 1.61. The molecule has 0 amide bonds. The van der Waals surface area contributed by atoms with Crippen molar-refractivity contribution in [2.75, 3.05) is 19.0 Å². The number of hydrogen-bond acceptors (Lipinski definition) is 7. The van der Waals surface area contributed by atoms with Gasteiger partial charge in [0.15, 0.2) is 5.82 Å². The highest BCUT2D eigenvalue weighted by Crippen LogP contribution is 2.23. The van der Waals surface area contributed by atoms with Crippen molar-refractivity contribution in [3.63, 3.8) is 0 Å². The molecule has 2 rings (SSSR count). The van der Waals surface area contributed by atoms with E-state index in [1.165, 1.54) is 12.1 Å². The number of hydrogen-bond donors (Lipinski definition) is 1. The second kappa shape index (κ2) is 6.60. The van der Waals surface area contributed by atoms with Crippen molar-refractivity contribution in [1.82, 2.24) is 15.0 Å². The van der Waals surface area contributed by atoms with Gasteiger partial charge in [-0.25, -0.2) is 0 Å². The molecule has 0 saturated carbocycles. The van der Waals surface area contributed by atoms with Crippen LogP contribution in [-0.2, 0) is 0 Å². The van der Waals surface area contributed by atoms with Crippen molar-refractivity contribution in [3.05, 3.63) is 34.4 Å². The molecule has 2 aromatic rings. The van der Waals surface area contributed by atoms with Crippen LogP contribution in [0.1, 0.15) is 13.3 Å². The van der Waals surface area contributed by atoms with Crippen LogP contribution in [0.4, 0.5) is 11.6 Å². The molecule has 0 saturated heterocycles. The summed E-state index contributed by atoms with van der Waals surface area (Å²) in [7, 11) is 1.68. The van der Waals surface area contributed by atoms with Crippen LogP contribution in [0.25, 0.3) is 11.4 Å². The Hall–Kier alpha value is -2.77. The third-order valence-corrected chi connectivity index (χ3v) is 2.59. The molecule has 1 N–H and O–H groups in total. The van der Waals surface area contributed by atoms with Gasteiger partial charge in [-0.2, -0.15) is 15.0 Å². The van der Waals surface area contributed by atoms with Gasteiger partial charge in [0.2, 0.25) is 5.95 Å². The maximum absolute atomic E-state index is 10.8. The smallest absolute Gasteiger partial charge is 0.321 e. The van der Waals surface area contributed by atoms with Crippen LogP contribution in [0.5, 0.6) is 6.01 Å². The molecule has 0 atom stereocenters. The summed E-state index contributed by atoms with van der Waals surface area (Å²) in [5.41, 5.74) is 0.513. The molecule has 0 aliphatic rings. The maximum atomic E-state index is 10.8. The largest absolute Gasteiger partial charge is 0.463 e. The third-order valence-electron chi connectivity index (χ3n) is 2.59. The summed E-state index contributed by atoms with van der Waals surface area (Å²) in [5, 5.41) is 13.6. The Kier molecular flexibility index (Phi) is 4.60. The van der Waals surface area contributed by atoms with Crippen LogP contribution in [0.2, 0.25) is 0 Å². The summed E-state index contributed by atoms with van der Waals surface area (Å²) in [6.07, 6.45) is 0.826. The molecule has 0 bridgehead atoms. The van der Waals surface area contributed by atoms with Gasteiger partial charge in [0.25, 0.3) is 5.69 Å². The van der Waals surface area contributed by atoms with E-state index < -0.39 is 4.92 Å². The second-order valence-electron chi connectivity index (χ2n) is 4.17. The summed E-state index contributed by atoms with van der Waals surface area (Å²) in [6.45, 7) is 2.46. The molecule has 0 radical (unpaired) electrons. The van der Waals surface area contributed by atoms with Gasteiger partial charge in [-0.05, 0) is 6.42 Å². The Morgan fingerprint density at radius 3 is 2.81 bits per heavy atom. The van der Waals surface area contributed by atoms with Crippen LogP contribution in [0.3, 0.4) is 0 Å². The van der Waals surface area contributed by atoms with Crippen molar-refractivity contribution in [3.8, 4) is 17.4 Å². The van der Waals surface area contributed by atoms with E-state index in [1.54, 1.807) is 19.2 Å². The van der Waals surface area contributed by atoms with Crippen molar-refractivity contribution in [2.45, 2.75) is 13.3 Å². The zero-order chi connectivity index (χ0) is 15.2. The molecule has 110 valence electrons.